The highest BCUT2D eigenvalue weighted by Gasteiger charge is 2.34. The highest BCUT2D eigenvalue weighted by atomic mass is 19.4. The lowest BCUT2D eigenvalue weighted by Crippen LogP contribution is -2.17. The van der Waals surface area contributed by atoms with Crippen LogP contribution in [0.15, 0.2) is 140 Å². The summed E-state index contributed by atoms with van der Waals surface area (Å²) in [6, 6.07) is 26.7. The molecule has 0 heterocycles. The summed E-state index contributed by atoms with van der Waals surface area (Å²) in [7, 11) is 0. The zero-order chi connectivity index (χ0) is 52.1. The second-order valence-corrected chi connectivity index (χ2v) is 17.2. The molecule has 0 fully saturated rings. The van der Waals surface area contributed by atoms with Gasteiger partial charge >= 0.3 is 24.9 Å². The molecule has 6 rings (SSSR count). The number of alkyl halides is 12. The lowest BCUT2D eigenvalue weighted by atomic mass is 9.84. The van der Waals surface area contributed by atoms with E-state index in [9.17, 15) is 66.7 Å². The Hall–Kier alpha value is -6.71. The number of ether oxygens (including phenoxy) is 1. The van der Waals surface area contributed by atoms with Crippen LogP contribution in [0.5, 0.6) is 5.75 Å². The van der Waals surface area contributed by atoms with Gasteiger partial charge < -0.3 is 4.74 Å². The molecule has 2 atom stereocenters. The van der Waals surface area contributed by atoms with Crippen LogP contribution in [-0.4, -0.2) is 17.9 Å². The molecule has 0 saturated heterocycles. The third kappa shape index (κ3) is 14.7. The second kappa shape index (κ2) is 21.5. The number of allylic oxidation sites excluding steroid dienone is 1. The first-order valence-electron chi connectivity index (χ1n) is 21.4. The minimum Gasteiger partial charge on any atom is -0.403 e. The highest BCUT2D eigenvalue weighted by Crippen LogP contribution is 2.40. The molecular weight excluding hydrogens is 944 g/mol. The summed E-state index contributed by atoms with van der Waals surface area (Å²) in [5.41, 5.74) is 3.12. The molecule has 3 nitrogen and oxygen atoms in total. The maximum absolute atomic E-state index is 14.4. The molecule has 6 aromatic carbocycles. The van der Waals surface area contributed by atoms with Crippen LogP contribution in [0.3, 0.4) is 0 Å². The molecule has 0 amide bonds. The first-order chi connectivity index (χ1) is 32.4. The molecular formula is C54H45F13O3. The standard InChI is InChI=1S/C27H23F7O2.C27H22F6O/c1-15(2)10-23(16(3)35)21-12-19(17-4-7-22(8-5-17)26(29,30)31)11-20(13-21)18-6-9-25(24(28)14-18)36-27(32,33)34;1-16(2)12-25(17(3)34)22-14-20(18-4-8-23(9-5-18)26(28,29)30)13-21(15-22)19-6-10-24(11-7-19)27(31,32)33/h4-9,11-15,23H,10H2,1-3H3;4-11,13-15,25H,1,12H2,2-3H3. The largest absolute Gasteiger partial charge is 0.573 e. The normalized spacial score (nSPS) is 13.0. The van der Waals surface area contributed by atoms with Crippen LogP contribution in [0.4, 0.5) is 57.1 Å². The molecule has 370 valence electrons. The molecule has 0 aromatic heterocycles. The Labute approximate surface area is 395 Å². The Morgan fingerprint density at radius 1 is 0.471 bits per heavy atom. The van der Waals surface area contributed by atoms with E-state index in [1.165, 1.54) is 56.3 Å². The Balaban J connectivity index is 0.000000261. The summed E-state index contributed by atoms with van der Waals surface area (Å²) in [6.45, 7) is 12.4. The summed E-state index contributed by atoms with van der Waals surface area (Å²) < 4.78 is 173. The van der Waals surface area contributed by atoms with Crippen molar-refractivity contribution in [2.45, 2.75) is 84.2 Å². The number of rotatable bonds is 13. The summed E-state index contributed by atoms with van der Waals surface area (Å²) >= 11 is 0. The van der Waals surface area contributed by atoms with Crippen molar-refractivity contribution in [3.63, 3.8) is 0 Å². The molecule has 0 N–H and O–H groups in total. The van der Waals surface area contributed by atoms with Gasteiger partial charge in [-0.05, 0) is 156 Å². The van der Waals surface area contributed by atoms with E-state index >= 15 is 0 Å². The van der Waals surface area contributed by atoms with Crippen molar-refractivity contribution in [3.8, 4) is 50.3 Å². The number of carbonyl (C=O) groups excluding carboxylic acids is 2. The molecule has 6 aromatic rings. The van der Waals surface area contributed by atoms with E-state index in [1.807, 2.05) is 13.8 Å². The number of benzene rings is 6. The maximum atomic E-state index is 14.4. The number of halogens is 13. The van der Waals surface area contributed by atoms with Gasteiger partial charge in [0.25, 0.3) is 0 Å². The van der Waals surface area contributed by atoms with Crippen molar-refractivity contribution >= 4 is 11.6 Å². The van der Waals surface area contributed by atoms with Gasteiger partial charge in [0.05, 0.1) is 16.7 Å². The van der Waals surface area contributed by atoms with Crippen molar-refractivity contribution in [1.29, 1.82) is 0 Å². The zero-order valence-electron chi connectivity index (χ0n) is 38.1. The van der Waals surface area contributed by atoms with Crippen LogP contribution >= 0.6 is 0 Å². The van der Waals surface area contributed by atoms with E-state index in [4.69, 9.17) is 0 Å². The molecule has 70 heavy (non-hydrogen) atoms. The van der Waals surface area contributed by atoms with Gasteiger partial charge in [-0.3, -0.25) is 9.59 Å². The molecule has 16 heteroatoms. The maximum Gasteiger partial charge on any atom is 0.573 e. The summed E-state index contributed by atoms with van der Waals surface area (Å²) in [5, 5.41) is 0. The third-order valence-corrected chi connectivity index (χ3v) is 11.1. The average molecular weight is 989 g/mol. The fourth-order valence-electron chi connectivity index (χ4n) is 7.67. The van der Waals surface area contributed by atoms with Crippen LogP contribution in [0, 0.1) is 11.7 Å². The van der Waals surface area contributed by atoms with Crippen molar-refractivity contribution in [1.82, 2.24) is 0 Å². The van der Waals surface area contributed by atoms with E-state index < -0.39 is 65.0 Å². The lowest BCUT2D eigenvalue weighted by molar-refractivity contribution is -0.275. The Kier molecular flexibility index (Phi) is 16.7. The van der Waals surface area contributed by atoms with Gasteiger partial charge in [-0.25, -0.2) is 4.39 Å². The van der Waals surface area contributed by atoms with E-state index in [-0.39, 0.29) is 23.0 Å². The van der Waals surface area contributed by atoms with E-state index in [2.05, 4.69) is 11.3 Å². The van der Waals surface area contributed by atoms with Crippen molar-refractivity contribution in [2.75, 3.05) is 0 Å². The number of carbonyl (C=O) groups is 2. The van der Waals surface area contributed by atoms with Crippen LogP contribution in [0.2, 0.25) is 0 Å². The lowest BCUT2D eigenvalue weighted by Gasteiger charge is -2.20. The van der Waals surface area contributed by atoms with Crippen molar-refractivity contribution in [3.05, 3.63) is 173 Å². The first-order valence-corrected chi connectivity index (χ1v) is 21.4. The van der Waals surface area contributed by atoms with Crippen LogP contribution in [-0.2, 0) is 28.1 Å². The molecule has 0 aliphatic carbocycles. The molecule has 0 spiro atoms. The number of Topliss-reactive ketones (excluding diaryl/α,β-unsaturated/α-hetero) is 2. The second-order valence-electron chi connectivity index (χ2n) is 17.2. The highest BCUT2D eigenvalue weighted by molar-refractivity contribution is 5.86. The molecule has 0 aliphatic rings. The van der Waals surface area contributed by atoms with Gasteiger partial charge in [0, 0.05) is 11.8 Å². The number of ketones is 2. The Bertz CT molecular complexity index is 2720. The van der Waals surface area contributed by atoms with Gasteiger partial charge in [0.2, 0.25) is 0 Å². The van der Waals surface area contributed by atoms with Crippen LogP contribution in [0.1, 0.15) is 87.1 Å². The van der Waals surface area contributed by atoms with E-state index in [0.29, 0.717) is 62.9 Å². The molecule has 0 aliphatic heterocycles. The van der Waals surface area contributed by atoms with Gasteiger partial charge in [-0.2, -0.15) is 39.5 Å². The number of hydrogen-bond acceptors (Lipinski definition) is 3. The van der Waals surface area contributed by atoms with Gasteiger partial charge in [0.15, 0.2) is 11.6 Å². The summed E-state index contributed by atoms with van der Waals surface area (Å²) in [5.74, 6) is -3.40. The SMILES string of the molecule is C=C(C)CC(C(C)=O)c1cc(-c2ccc(C(F)(F)F)cc2)cc(-c2ccc(C(F)(F)F)cc2)c1.CC(=O)C(CC(C)C)c1cc(-c2ccc(C(F)(F)F)cc2)cc(-c2ccc(OC(F)(F)F)c(F)c2)c1. The summed E-state index contributed by atoms with van der Waals surface area (Å²) in [6.07, 6.45) is -17.7. The smallest absolute Gasteiger partial charge is 0.403 e. The quantitative estimate of drug-likeness (QED) is 0.0855. The Morgan fingerprint density at radius 3 is 1.09 bits per heavy atom. The minimum atomic E-state index is -5.07. The predicted octanol–water partition coefficient (Wildman–Crippen LogP) is 17.5. The molecule has 0 radical (unpaired) electrons. The minimum absolute atomic E-state index is 0.120. The Morgan fingerprint density at radius 2 is 0.800 bits per heavy atom. The fourth-order valence-corrected chi connectivity index (χ4v) is 7.67. The number of hydrogen-bond donors (Lipinski definition) is 0. The summed E-state index contributed by atoms with van der Waals surface area (Å²) in [4.78, 5) is 24.8. The van der Waals surface area contributed by atoms with Crippen molar-refractivity contribution in [2.24, 2.45) is 5.92 Å². The van der Waals surface area contributed by atoms with Gasteiger partial charge in [-0.1, -0.05) is 86.2 Å². The zero-order valence-corrected chi connectivity index (χ0v) is 38.1. The van der Waals surface area contributed by atoms with Crippen molar-refractivity contribution < 1.29 is 71.4 Å². The van der Waals surface area contributed by atoms with Gasteiger partial charge in [-0.15, -0.1) is 19.8 Å². The fraction of sp³-hybridized carbons (Fsp3) is 0.259. The topological polar surface area (TPSA) is 43.4 Å². The van der Waals surface area contributed by atoms with Crippen LogP contribution < -0.4 is 4.74 Å². The predicted molar refractivity (Wildman–Crippen MR) is 242 cm³/mol. The first kappa shape index (κ1) is 54.2. The van der Waals surface area contributed by atoms with E-state index in [0.717, 1.165) is 54.1 Å². The van der Waals surface area contributed by atoms with Crippen LogP contribution in [0.25, 0.3) is 44.5 Å². The van der Waals surface area contributed by atoms with Gasteiger partial charge in [0.1, 0.15) is 11.6 Å². The monoisotopic (exact) mass is 988 g/mol. The molecule has 0 bridgehead atoms. The third-order valence-electron chi connectivity index (χ3n) is 11.1. The average Bonchev–Trinajstić information content (AvgIpc) is 3.26. The molecule has 2 unspecified atom stereocenters. The molecule has 0 saturated carbocycles. The van der Waals surface area contributed by atoms with E-state index in [1.54, 1.807) is 43.3 Å².